The van der Waals surface area contributed by atoms with E-state index in [1.807, 2.05) is 38.1 Å². The lowest BCUT2D eigenvalue weighted by molar-refractivity contribution is -0.159. The predicted molar refractivity (Wildman–Crippen MR) is 106 cm³/mol. The molecule has 0 unspecified atom stereocenters. The third kappa shape index (κ3) is 5.71. The number of carboxylic acid groups (broad SMARTS) is 1. The van der Waals surface area contributed by atoms with Crippen molar-refractivity contribution < 1.29 is 19.4 Å². The van der Waals surface area contributed by atoms with Gasteiger partial charge in [-0.2, -0.15) is 0 Å². The highest BCUT2D eigenvalue weighted by atomic mass is 32.2. The first-order valence-electron chi connectivity index (χ1n) is 8.54. The predicted octanol–water partition coefficient (Wildman–Crippen LogP) is 4.85. The normalized spacial score (nSPS) is 14.4. The summed E-state index contributed by atoms with van der Waals surface area (Å²) in [4.78, 5) is 29.2. The number of ether oxygens (including phenoxy) is 1. The molecule has 0 aliphatic heterocycles. The average molecular weight is 396 g/mol. The molecule has 0 saturated heterocycles. The van der Waals surface area contributed by atoms with E-state index >= 15 is 0 Å². The highest BCUT2D eigenvalue weighted by Gasteiger charge is 2.38. The first kappa shape index (κ1) is 20.7. The van der Waals surface area contributed by atoms with Crippen molar-refractivity contribution in [2.75, 3.05) is 0 Å². The smallest absolute Gasteiger partial charge is 0.320 e. The van der Waals surface area contributed by atoms with Crippen LogP contribution in [0.5, 0.6) is 0 Å². The van der Waals surface area contributed by atoms with E-state index in [4.69, 9.17) is 4.74 Å². The Balaban J connectivity index is 2.34. The topological polar surface area (TPSA) is 76.5 Å². The lowest BCUT2D eigenvalue weighted by atomic mass is 9.94. The van der Waals surface area contributed by atoms with Crippen LogP contribution in [0.4, 0.5) is 0 Å². The zero-order valence-electron chi connectivity index (χ0n) is 15.7. The minimum absolute atomic E-state index is 0.150. The Kier molecular flexibility index (Phi) is 6.69. The fraction of sp³-hybridized carbons (Fsp3) is 0.526. The maximum Gasteiger partial charge on any atom is 0.320 e. The van der Waals surface area contributed by atoms with Crippen molar-refractivity contribution in [3.8, 4) is 0 Å². The molecule has 0 bridgehead atoms. The molecule has 2 atom stereocenters. The van der Waals surface area contributed by atoms with Crippen molar-refractivity contribution in [3.05, 3.63) is 24.3 Å². The number of carbonyl (C=O) groups excluding carboxylic acids is 1. The third-order valence-corrected chi connectivity index (χ3v) is 5.99. The van der Waals surface area contributed by atoms with Crippen LogP contribution < -0.4 is 0 Å². The molecule has 0 radical (unpaired) electrons. The molecular formula is C19H25NO4S2. The van der Waals surface area contributed by atoms with Crippen LogP contribution in [0.2, 0.25) is 0 Å². The molecule has 1 aromatic heterocycles. The van der Waals surface area contributed by atoms with Crippen molar-refractivity contribution in [3.63, 3.8) is 0 Å². The number of benzene rings is 1. The Morgan fingerprint density at radius 1 is 1.27 bits per heavy atom. The summed E-state index contributed by atoms with van der Waals surface area (Å²) in [6.07, 6.45) is 0.400. The van der Waals surface area contributed by atoms with Gasteiger partial charge in [0.05, 0.1) is 16.1 Å². The summed E-state index contributed by atoms with van der Waals surface area (Å²) < 4.78 is 7.20. The second-order valence-electron chi connectivity index (χ2n) is 7.59. The fourth-order valence-electron chi connectivity index (χ4n) is 2.53. The summed E-state index contributed by atoms with van der Waals surface area (Å²) >= 11 is 2.65. The second-order valence-corrected chi connectivity index (χ2v) is 10.0. The zero-order chi connectivity index (χ0) is 19.5. The third-order valence-electron chi connectivity index (χ3n) is 3.55. The van der Waals surface area contributed by atoms with Crippen LogP contribution in [0.25, 0.3) is 10.2 Å². The molecule has 2 aromatic rings. The molecule has 1 N–H and O–H groups in total. The molecule has 7 heteroatoms. The Labute approximate surface area is 162 Å². The number of nitrogens with zero attached hydrogens (tertiary/aromatic N) is 1. The number of thioether (sulfide) groups is 1. The summed E-state index contributed by atoms with van der Waals surface area (Å²) in [6, 6.07) is 7.70. The van der Waals surface area contributed by atoms with Gasteiger partial charge in [0.1, 0.15) is 10.9 Å². The lowest BCUT2D eigenvalue weighted by Crippen LogP contribution is -2.38. The summed E-state index contributed by atoms with van der Waals surface area (Å²) in [5, 5.41) is 8.88. The fourth-order valence-corrected chi connectivity index (χ4v) is 4.90. The van der Waals surface area contributed by atoms with Crippen molar-refractivity contribution in [1.29, 1.82) is 0 Å². The molecule has 1 aromatic carbocycles. The molecule has 0 aliphatic rings. The quantitative estimate of drug-likeness (QED) is 0.534. The van der Waals surface area contributed by atoms with Gasteiger partial charge in [0, 0.05) is 0 Å². The number of aromatic nitrogens is 1. The van der Waals surface area contributed by atoms with Crippen LogP contribution >= 0.6 is 23.1 Å². The number of aliphatic carboxylic acids is 1. The van der Waals surface area contributed by atoms with E-state index in [9.17, 15) is 14.7 Å². The molecular weight excluding hydrogens is 370 g/mol. The SMILES string of the molecule is CC(C)C[C@@H](C(=O)O)[C@@H](Sc1nc2ccccc2s1)C(=O)OC(C)(C)C. The van der Waals surface area contributed by atoms with E-state index in [2.05, 4.69) is 4.98 Å². The Hall–Kier alpha value is -1.60. The standard InChI is InChI=1S/C19H25NO4S2/c1-11(2)10-12(16(21)22)15(17(23)24-19(3,4)5)26-18-20-13-8-6-7-9-14(13)25-18/h6-9,11-12,15H,10H2,1-5H3,(H,21,22)/t12-,15-/m1/s1. The maximum atomic E-state index is 12.8. The molecule has 0 fully saturated rings. The largest absolute Gasteiger partial charge is 0.481 e. The summed E-state index contributed by atoms with van der Waals surface area (Å²) in [5.74, 6) is -2.17. The number of rotatable bonds is 7. The van der Waals surface area contributed by atoms with Gasteiger partial charge in [-0.3, -0.25) is 9.59 Å². The van der Waals surface area contributed by atoms with Gasteiger partial charge in [-0.05, 0) is 45.2 Å². The van der Waals surface area contributed by atoms with E-state index < -0.39 is 28.7 Å². The summed E-state index contributed by atoms with van der Waals surface area (Å²) in [5.41, 5.74) is 0.170. The van der Waals surface area contributed by atoms with E-state index in [0.717, 1.165) is 10.2 Å². The number of thiazole rings is 1. The average Bonchev–Trinajstić information content (AvgIpc) is 2.90. The Morgan fingerprint density at radius 3 is 2.46 bits per heavy atom. The van der Waals surface area contributed by atoms with Gasteiger partial charge in [-0.15, -0.1) is 11.3 Å². The van der Waals surface area contributed by atoms with Crippen LogP contribution in [0.1, 0.15) is 41.0 Å². The number of fused-ring (bicyclic) bond motifs is 1. The van der Waals surface area contributed by atoms with Crippen molar-refractivity contribution in [2.24, 2.45) is 11.8 Å². The maximum absolute atomic E-state index is 12.8. The molecule has 5 nitrogen and oxygen atoms in total. The number of carboxylic acids is 1. The van der Waals surface area contributed by atoms with Crippen LogP contribution in [0.3, 0.4) is 0 Å². The Morgan fingerprint density at radius 2 is 1.92 bits per heavy atom. The first-order chi connectivity index (χ1) is 12.1. The van der Waals surface area contributed by atoms with E-state index in [-0.39, 0.29) is 5.92 Å². The van der Waals surface area contributed by atoms with Crippen LogP contribution in [0, 0.1) is 11.8 Å². The van der Waals surface area contributed by atoms with E-state index in [1.54, 1.807) is 20.8 Å². The van der Waals surface area contributed by atoms with Gasteiger partial charge in [-0.1, -0.05) is 37.7 Å². The second kappa shape index (κ2) is 8.39. The van der Waals surface area contributed by atoms with Crippen molar-refractivity contribution >= 4 is 45.3 Å². The molecule has 0 aliphatic carbocycles. The van der Waals surface area contributed by atoms with Crippen molar-refractivity contribution in [1.82, 2.24) is 4.98 Å². The molecule has 142 valence electrons. The van der Waals surface area contributed by atoms with Crippen LogP contribution in [-0.4, -0.2) is 32.9 Å². The number of carbonyl (C=O) groups is 2. The molecule has 2 rings (SSSR count). The van der Waals surface area contributed by atoms with Gasteiger partial charge in [0.25, 0.3) is 0 Å². The number of para-hydroxylation sites is 1. The van der Waals surface area contributed by atoms with Crippen LogP contribution in [0.15, 0.2) is 28.6 Å². The minimum atomic E-state index is -0.983. The van der Waals surface area contributed by atoms with Gasteiger partial charge < -0.3 is 9.84 Å². The minimum Gasteiger partial charge on any atom is -0.481 e. The van der Waals surface area contributed by atoms with Gasteiger partial charge in [-0.25, -0.2) is 4.98 Å². The van der Waals surface area contributed by atoms with Gasteiger partial charge in [0.2, 0.25) is 0 Å². The highest BCUT2D eigenvalue weighted by molar-refractivity contribution is 8.02. The van der Waals surface area contributed by atoms with E-state index in [1.165, 1.54) is 23.1 Å². The number of esters is 1. The Bertz CT molecular complexity index is 746. The van der Waals surface area contributed by atoms with Gasteiger partial charge in [0.15, 0.2) is 4.34 Å². The molecule has 0 saturated carbocycles. The van der Waals surface area contributed by atoms with E-state index in [0.29, 0.717) is 10.8 Å². The number of hydrogen-bond donors (Lipinski definition) is 1. The molecule has 1 heterocycles. The van der Waals surface area contributed by atoms with Gasteiger partial charge >= 0.3 is 11.9 Å². The van der Waals surface area contributed by atoms with Crippen molar-refractivity contribution in [2.45, 2.75) is 56.2 Å². The van der Waals surface area contributed by atoms with Crippen LogP contribution in [-0.2, 0) is 14.3 Å². The molecule has 0 spiro atoms. The zero-order valence-corrected chi connectivity index (χ0v) is 17.3. The first-order valence-corrected chi connectivity index (χ1v) is 10.2. The summed E-state index contributed by atoms with van der Waals surface area (Å²) in [7, 11) is 0. The number of hydrogen-bond acceptors (Lipinski definition) is 6. The molecule has 26 heavy (non-hydrogen) atoms. The summed E-state index contributed by atoms with van der Waals surface area (Å²) in [6.45, 7) is 9.24. The molecule has 0 amide bonds. The monoisotopic (exact) mass is 395 g/mol. The highest BCUT2D eigenvalue weighted by Crippen LogP contribution is 2.37. The lowest BCUT2D eigenvalue weighted by Gasteiger charge is -2.27.